The second-order valence-corrected chi connectivity index (χ2v) is 19.4. The van der Waals surface area contributed by atoms with E-state index in [1.165, 1.54) is 0 Å². The average molecular weight is 668 g/mol. The lowest BCUT2D eigenvalue weighted by molar-refractivity contribution is -0.250. The molecule has 48 heavy (non-hydrogen) atoms. The largest absolute Gasteiger partial charge is 0.481 e. The van der Waals surface area contributed by atoms with Crippen molar-refractivity contribution in [1.82, 2.24) is 4.90 Å². The number of ketones is 2. The minimum atomic E-state index is -1.17. The standard InChI is InChI=1S/C40H61NO7/c1-23(2)30-25(42)21-40(32(44)33(45)41-19-10-20-41)18-17-38(8)24(31(30)40)11-12-27-37(7)15-14-28(48-29(43)22-35(3,4)34(46)47)36(5,6)26(37)13-16-39(27,38)9/h23-24,26-28,30-31H,10-22H2,1-9H3,(H,46,47)/t24?,26?,27-,28+,30?,31?,37+,38-,39-,40-/m1/s1. The minimum absolute atomic E-state index is 0.0100. The molecule has 0 aromatic carbocycles. The summed E-state index contributed by atoms with van der Waals surface area (Å²) in [6.07, 6.45) is 8.02. The van der Waals surface area contributed by atoms with Crippen molar-refractivity contribution >= 4 is 29.4 Å². The summed E-state index contributed by atoms with van der Waals surface area (Å²) >= 11 is 0. The monoisotopic (exact) mass is 667 g/mol. The third-order valence-electron chi connectivity index (χ3n) is 16.2. The van der Waals surface area contributed by atoms with E-state index >= 15 is 0 Å². The number of hydrogen-bond donors (Lipinski definition) is 1. The third kappa shape index (κ3) is 4.82. The van der Waals surface area contributed by atoms with Crippen LogP contribution in [0.5, 0.6) is 0 Å². The molecular formula is C40H61NO7. The highest BCUT2D eigenvalue weighted by molar-refractivity contribution is 6.39. The molecule has 6 rings (SSSR count). The molecule has 0 radical (unpaired) electrons. The van der Waals surface area contributed by atoms with Gasteiger partial charge in [-0.05, 0) is 117 Å². The third-order valence-corrected chi connectivity index (χ3v) is 16.2. The second-order valence-electron chi connectivity index (χ2n) is 19.4. The quantitative estimate of drug-likeness (QED) is 0.227. The van der Waals surface area contributed by atoms with Crippen LogP contribution in [0.25, 0.3) is 0 Å². The van der Waals surface area contributed by atoms with Crippen LogP contribution in [0.3, 0.4) is 0 Å². The number of esters is 1. The van der Waals surface area contributed by atoms with Gasteiger partial charge in [0, 0.05) is 36.3 Å². The van der Waals surface area contributed by atoms with Crippen LogP contribution in [0.4, 0.5) is 0 Å². The van der Waals surface area contributed by atoms with Gasteiger partial charge in [0.1, 0.15) is 11.9 Å². The smallest absolute Gasteiger partial charge is 0.309 e. The maximum absolute atomic E-state index is 14.3. The normalized spacial score (nSPS) is 43.3. The second kappa shape index (κ2) is 11.4. The Morgan fingerprint density at radius 2 is 1.56 bits per heavy atom. The number of aliphatic carboxylic acids is 1. The maximum Gasteiger partial charge on any atom is 0.309 e. The molecule has 268 valence electrons. The summed E-state index contributed by atoms with van der Waals surface area (Å²) in [6, 6.07) is 0. The number of carbonyl (C=O) groups excluding carboxylic acids is 4. The maximum atomic E-state index is 14.3. The summed E-state index contributed by atoms with van der Waals surface area (Å²) in [5.74, 6) is -1.04. The van der Waals surface area contributed by atoms with Crippen molar-refractivity contribution in [3.8, 4) is 0 Å². The van der Waals surface area contributed by atoms with Crippen molar-refractivity contribution < 1.29 is 33.8 Å². The van der Waals surface area contributed by atoms with Crippen LogP contribution in [0, 0.1) is 68.0 Å². The number of carboxylic acid groups (broad SMARTS) is 1. The van der Waals surface area contributed by atoms with E-state index in [4.69, 9.17) is 4.74 Å². The van der Waals surface area contributed by atoms with Crippen LogP contribution in [0.1, 0.15) is 133 Å². The van der Waals surface area contributed by atoms with Crippen LogP contribution >= 0.6 is 0 Å². The molecule has 8 heteroatoms. The molecule has 0 spiro atoms. The summed E-state index contributed by atoms with van der Waals surface area (Å²) < 4.78 is 6.13. The number of Topliss-reactive ketones (excluding diaryl/α,β-unsaturated/α-hetero) is 2. The fourth-order valence-electron chi connectivity index (χ4n) is 13.3. The number of likely N-dealkylation sites (tertiary alicyclic amines) is 1. The van der Waals surface area contributed by atoms with E-state index in [0.717, 1.165) is 51.4 Å². The Morgan fingerprint density at radius 3 is 2.15 bits per heavy atom. The molecule has 0 aromatic heterocycles. The molecule has 1 aliphatic heterocycles. The molecule has 1 amide bonds. The van der Waals surface area contributed by atoms with Crippen molar-refractivity contribution in [1.29, 1.82) is 0 Å². The van der Waals surface area contributed by atoms with Gasteiger partial charge in [0.25, 0.3) is 5.91 Å². The molecule has 10 atom stereocenters. The summed E-state index contributed by atoms with van der Waals surface area (Å²) in [5.41, 5.74) is -2.32. The summed E-state index contributed by atoms with van der Waals surface area (Å²) in [4.78, 5) is 68.2. The molecule has 5 aliphatic carbocycles. The Balaban J connectivity index is 1.29. The highest BCUT2D eigenvalue weighted by atomic mass is 16.5. The van der Waals surface area contributed by atoms with E-state index < -0.39 is 22.8 Å². The highest BCUT2D eigenvalue weighted by Gasteiger charge is 2.73. The topological polar surface area (TPSA) is 118 Å². The van der Waals surface area contributed by atoms with Gasteiger partial charge in [0.2, 0.25) is 5.78 Å². The fraction of sp³-hybridized carbons (Fsp3) is 0.875. The number of carboxylic acids is 1. The Hall–Kier alpha value is -2.25. The van der Waals surface area contributed by atoms with Gasteiger partial charge in [-0.1, -0.05) is 48.5 Å². The van der Waals surface area contributed by atoms with Crippen molar-refractivity contribution in [2.75, 3.05) is 13.1 Å². The lowest BCUT2D eigenvalue weighted by Crippen LogP contribution is -2.67. The van der Waals surface area contributed by atoms with E-state index in [2.05, 4.69) is 48.5 Å². The van der Waals surface area contributed by atoms with E-state index in [1.54, 1.807) is 18.7 Å². The zero-order chi connectivity index (χ0) is 35.4. The van der Waals surface area contributed by atoms with Crippen molar-refractivity contribution in [2.45, 2.75) is 139 Å². The molecule has 0 bridgehead atoms. The zero-order valence-electron chi connectivity index (χ0n) is 31.1. The predicted octanol–water partition coefficient (Wildman–Crippen LogP) is 7.12. The Kier molecular flexibility index (Phi) is 8.43. The van der Waals surface area contributed by atoms with Crippen molar-refractivity contribution in [3.05, 3.63) is 0 Å². The summed E-state index contributed by atoms with van der Waals surface area (Å²) in [5, 5.41) is 9.57. The predicted molar refractivity (Wildman–Crippen MR) is 182 cm³/mol. The van der Waals surface area contributed by atoms with E-state index in [0.29, 0.717) is 31.3 Å². The molecule has 6 fully saturated rings. The van der Waals surface area contributed by atoms with Crippen LogP contribution in [0.15, 0.2) is 0 Å². The lowest BCUT2D eigenvalue weighted by Gasteiger charge is -2.72. The highest BCUT2D eigenvalue weighted by Crippen LogP contribution is 2.77. The van der Waals surface area contributed by atoms with Crippen molar-refractivity contribution in [2.24, 2.45) is 68.0 Å². The number of hydrogen-bond acceptors (Lipinski definition) is 6. The first-order valence-corrected chi connectivity index (χ1v) is 19.0. The number of nitrogens with zero attached hydrogens (tertiary/aromatic N) is 1. The van der Waals surface area contributed by atoms with Gasteiger partial charge in [-0.2, -0.15) is 0 Å². The van der Waals surface area contributed by atoms with Gasteiger partial charge < -0.3 is 14.7 Å². The van der Waals surface area contributed by atoms with Gasteiger partial charge in [-0.3, -0.25) is 24.0 Å². The molecule has 8 nitrogen and oxygen atoms in total. The van der Waals surface area contributed by atoms with E-state index in [-0.39, 0.29) is 81.8 Å². The van der Waals surface area contributed by atoms with Gasteiger partial charge in [0.15, 0.2) is 0 Å². The van der Waals surface area contributed by atoms with Crippen LogP contribution in [-0.2, 0) is 28.7 Å². The summed E-state index contributed by atoms with van der Waals surface area (Å²) in [7, 11) is 0. The van der Waals surface area contributed by atoms with Crippen LogP contribution in [-0.4, -0.2) is 58.6 Å². The molecule has 6 aliphatic rings. The van der Waals surface area contributed by atoms with Gasteiger partial charge in [-0.25, -0.2) is 0 Å². The number of amides is 1. The molecular weight excluding hydrogens is 606 g/mol. The Morgan fingerprint density at radius 1 is 0.896 bits per heavy atom. The molecule has 0 aromatic rings. The zero-order valence-corrected chi connectivity index (χ0v) is 31.1. The summed E-state index contributed by atoms with van der Waals surface area (Å²) in [6.45, 7) is 20.6. The molecule has 1 N–H and O–H groups in total. The number of fused-ring (bicyclic) bond motifs is 7. The first-order valence-electron chi connectivity index (χ1n) is 19.0. The molecule has 5 saturated carbocycles. The molecule has 1 saturated heterocycles. The number of ether oxygens (including phenoxy) is 1. The lowest BCUT2D eigenvalue weighted by atomic mass is 9.32. The van der Waals surface area contributed by atoms with Gasteiger partial charge in [0.05, 0.1) is 11.8 Å². The molecule has 1 heterocycles. The number of rotatable bonds is 7. The van der Waals surface area contributed by atoms with Gasteiger partial charge in [-0.15, -0.1) is 0 Å². The van der Waals surface area contributed by atoms with Gasteiger partial charge >= 0.3 is 11.9 Å². The SMILES string of the molecule is CC(C)C1C(=O)C[C@]2(C(=O)C(=O)N3CCC3)CC[C@]3(C)C(CC[C@@H]4[C@@]5(C)CC[C@H](OC(=O)CC(C)(C)C(=O)O)C(C)(C)C5CC[C@]43C)C12. The molecule has 4 unspecified atom stereocenters. The van der Waals surface area contributed by atoms with Crippen molar-refractivity contribution in [3.63, 3.8) is 0 Å². The van der Waals surface area contributed by atoms with E-state index in [1.807, 2.05) is 0 Å². The first kappa shape index (κ1) is 35.6. The Labute approximate surface area is 287 Å². The minimum Gasteiger partial charge on any atom is -0.481 e. The van der Waals surface area contributed by atoms with E-state index in [9.17, 15) is 29.1 Å². The number of carbonyl (C=O) groups is 5. The average Bonchev–Trinajstić information content (AvgIpc) is 3.26. The van der Waals surface area contributed by atoms with Crippen LogP contribution in [0.2, 0.25) is 0 Å². The first-order chi connectivity index (χ1) is 22.2. The fourth-order valence-corrected chi connectivity index (χ4v) is 13.3. The Bertz CT molecular complexity index is 1400. The van der Waals surface area contributed by atoms with Crippen LogP contribution < -0.4 is 0 Å².